The van der Waals surface area contributed by atoms with Crippen LogP contribution in [0.25, 0.3) is 99.9 Å². The third-order valence-corrected chi connectivity index (χ3v) is 12.8. The van der Waals surface area contributed by atoms with Crippen molar-refractivity contribution in [3.05, 3.63) is 187 Å². The van der Waals surface area contributed by atoms with Crippen LogP contribution in [-0.4, -0.2) is 24.1 Å². The molecule has 0 spiro atoms. The normalized spacial score (nSPS) is 16.8. The van der Waals surface area contributed by atoms with Crippen LogP contribution in [0.5, 0.6) is 0 Å². The summed E-state index contributed by atoms with van der Waals surface area (Å²) in [5.41, 5.74) is 4.77. The Morgan fingerprint density at radius 3 is 1.66 bits per heavy atom. The molecule has 298 valence electrons. The number of hydrogen-bond donors (Lipinski definition) is 0. The van der Waals surface area contributed by atoms with Crippen molar-refractivity contribution in [3.8, 4) is 45.5 Å². The number of hydrogen-bond acceptors (Lipinski definition) is 3. The van der Waals surface area contributed by atoms with Crippen molar-refractivity contribution in [2.75, 3.05) is 0 Å². The van der Waals surface area contributed by atoms with Gasteiger partial charge in [-0.1, -0.05) is 173 Å². The van der Waals surface area contributed by atoms with E-state index in [1.54, 1.807) is 4.57 Å². The summed E-state index contributed by atoms with van der Waals surface area (Å²) in [6.45, 7) is 8.37. The van der Waals surface area contributed by atoms with Crippen molar-refractivity contribution in [2.24, 2.45) is 0 Å². The first-order valence-corrected chi connectivity index (χ1v) is 20.9. The van der Waals surface area contributed by atoms with Crippen LogP contribution in [0.15, 0.2) is 176 Å². The summed E-state index contributed by atoms with van der Waals surface area (Å²) in [5.74, 6) is 0.489. The van der Waals surface area contributed by atoms with Crippen LogP contribution in [0, 0.1) is 0 Å². The SMILES string of the molecule is [2H]c1c([2H])c([2H])c2c(c1[2H])c1c3c([2H])c4c(c([2H])c3n(-c3ccccc3)c1c1c2c2c([2H])c([2H])c([2H])c([2H])c2n1-c1nc(-c2ccccc2)nc(-c2ccccc2-c2ccccc2)n1)C(C)(C)CCC4(C)C. The molecule has 5 nitrogen and oxygen atoms in total. The molecule has 11 aromatic rings. The van der Waals surface area contributed by atoms with Gasteiger partial charge in [0.15, 0.2) is 11.6 Å². The van der Waals surface area contributed by atoms with Gasteiger partial charge in [0.25, 0.3) is 0 Å². The lowest BCUT2D eigenvalue weighted by Gasteiger charge is -2.42. The van der Waals surface area contributed by atoms with E-state index in [9.17, 15) is 12.3 Å². The number of nitrogens with zero attached hydrogens (tertiary/aromatic N) is 5. The van der Waals surface area contributed by atoms with Gasteiger partial charge in [-0.25, -0.2) is 4.98 Å². The molecule has 62 heavy (non-hydrogen) atoms. The number of rotatable bonds is 5. The molecule has 0 unspecified atom stereocenters. The highest BCUT2D eigenvalue weighted by atomic mass is 15.2. The summed E-state index contributed by atoms with van der Waals surface area (Å²) in [7, 11) is 0. The van der Waals surface area contributed by atoms with E-state index in [2.05, 4.69) is 27.7 Å². The van der Waals surface area contributed by atoms with Gasteiger partial charge in [-0.05, 0) is 87.0 Å². The molecule has 0 saturated heterocycles. The smallest absolute Gasteiger partial charge is 0.238 e. The molecule has 0 aliphatic heterocycles. The minimum Gasteiger partial charge on any atom is -0.307 e. The Labute approximate surface area is 375 Å². The maximum absolute atomic E-state index is 10.5. The van der Waals surface area contributed by atoms with Gasteiger partial charge in [0.05, 0.1) is 35.8 Å². The summed E-state index contributed by atoms with van der Waals surface area (Å²) < 4.78 is 100. The second-order valence-electron chi connectivity index (χ2n) is 17.5. The molecule has 1 aliphatic rings. The van der Waals surface area contributed by atoms with Gasteiger partial charge in [0.1, 0.15) is 0 Å². The number of aromatic nitrogens is 5. The fourth-order valence-electron chi connectivity index (χ4n) is 9.57. The maximum atomic E-state index is 10.5. The summed E-state index contributed by atoms with van der Waals surface area (Å²) in [6, 6.07) is 32.8. The summed E-state index contributed by atoms with van der Waals surface area (Å²) in [6.07, 6.45) is 1.50. The van der Waals surface area contributed by atoms with E-state index in [-0.39, 0.29) is 73.7 Å². The van der Waals surface area contributed by atoms with E-state index in [1.807, 2.05) is 120 Å². The van der Waals surface area contributed by atoms with Crippen LogP contribution in [0.4, 0.5) is 0 Å². The molecule has 8 aromatic carbocycles. The van der Waals surface area contributed by atoms with Crippen LogP contribution >= 0.6 is 0 Å². The lowest BCUT2D eigenvalue weighted by atomic mass is 9.63. The fourth-order valence-corrected chi connectivity index (χ4v) is 9.57. The van der Waals surface area contributed by atoms with Gasteiger partial charge >= 0.3 is 0 Å². The third-order valence-electron chi connectivity index (χ3n) is 12.8. The minimum atomic E-state index is -0.554. The van der Waals surface area contributed by atoms with Crippen LogP contribution < -0.4 is 0 Å². The average molecular weight is 810 g/mol. The zero-order valence-electron chi connectivity index (χ0n) is 44.6. The first-order chi connectivity index (χ1) is 34.4. The molecule has 0 bridgehead atoms. The predicted octanol–water partition coefficient (Wildman–Crippen LogP) is 14.6. The van der Waals surface area contributed by atoms with Crippen molar-refractivity contribution >= 4 is 54.4 Å². The van der Waals surface area contributed by atoms with Gasteiger partial charge in [0.2, 0.25) is 5.95 Å². The van der Waals surface area contributed by atoms with Crippen molar-refractivity contribution in [1.29, 1.82) is 0 Å². The summed E-state index contributed by atoms with van der Waals surface area (Å²) >= 11 is 0. The van der Waals surface area contributed by atoms with E-state index >= 15 is 0 Å². The Bertz CT molecular complexity index is 4150. The lowest BCUT2D eigenvalue weighted by molar-refractivity contribution is 0.332. The van der Waals surface area contributed by atoms with Gasteiger partial charge in [0, 0.05) is 38.4 Å². The van der Waals surface area contributed by atoms with E-state index in [1.165, 1.54) is 0 Å². The monoisotopic (exact) mass is 809 g/mol. The van der Waals surface area contributed by atoms with Gasteiger partial charge < -0.3 is 4.57 Å². The zero-order chi connectivity index (χ0) is 50.4. The Morgan fingerprint density at radius 1 is 0.468 bits per heavy atom. The first kappa shape index (κ1) is 27.5. The molecule has 0 atom stereocenters. The minimum absolute atomic E-state index is 0.000352. The maximum Gasteiger partial charge on any atom is 0.238 e. The molecule has 3 heterocycles. The van der Waals surface area contributed by atoms with Crippen molar-refractivity contribution in [2.45, 2.75) is 51.4 Å². The molecular weight excluding hydrogens is 755 g/mol. The van der Waals surface area contributed by atoms with Crippen LogP contribution in [-0.2, 0) is 10.8 Å². The Hall–Kier alpha value is -7.37. The molecule has 5 heteroatoms. The molecule has 12 rings (SSSR count). The average Bonchev–Trinajstić information content (AvgIpc) is 3.94. The molecule has 0 saturated carbocycles. The highest BCUT2D eigenvalue weighted by Gasteiger charge is 2.38. The number of fused-ring (bicyclic) bond motifs is 11. The standard InChI is InChI=1S/C57H45N5/c1-56(2)32-33-57(3,4)46-35-48-44(34-45(46)56)50-41-28-16-15-27-40(41)49-43-30-18-19-31-47(43)62(52(49)51(50)61(48)38-24-12-7-13-25-38)55-59-53(37-22-10-6-11-23-37)58-54(60-55)42-29-17-14-26-39(42)36-20-8-5-9-21-36/h5-31,34-35H,32-33H2,1-4H3/i15D,16D,18D,19D,27D,28D,30D,31D,34D,35D. The Kier molecular flexibility index (Phi) is 6.01. The predicted molar refractivity (Wildman–Crippen MR) is 258 cm³/mol. The Morgan fingerprint density at radius 2 is 0.984 bits per heavy atom. The van der Waals surface area contributed by atoms with E-state index in [0.717, 1.165) is 29.5 Å². The van der Waals surface area contributed by atoms with Crippen LogP contribution in [0.3, 0.4) is 0 Å². The molecule has 0 radical (unpaired) electrons. The topological polar surface area (TPSA) is 48.5 Å². The van der Waals surface area contributed by atoms with Crippen LogP contribution in [0.2, 0.25) is 0 Å². The Balaban J connectivity index is 1.42. The summed E-state index contributed by atoms with van der Waals surface area (Å²) in [4.78, 5) is 15.6. The highest BCUT2D eigenvalue weighted by molar-refractivity contribution is 6.36. The largest absolute Gasteiger partial charge is 0.307 e. The molecule has 0 fully saturated rings. The quantitative estimate of drug-likeness (QED) is 0.174. The van der Waals surface area contributed by atoms with Crippen molar-refractivity contribution in [3.63, 3.8) is 0 Å². The van der Waals surface area contributed by atoms with E-state index in [0.29, 0.717) is 38.8 Å². The molecule has 0 N–H and O–H groups in total. The van der Waals surface area contributed by atoms with Gasteiger partial charge in [-0.15, -0.1) is 0 Å². The molecular formula is C57H45N5. The second kappa shape index (κ2) is 13.6. The summed E-state index contributed by atoms with van der Waals surface area (Å²) in [5, 5.41) is 0.755. The third kappa shape index (κ3) is 5.44. The highest BCUT2D eigenvalue weighted by Crippen LogP contribution is 2.51. The lowest BCUT2D eigenvalue weighted by Crippen LogP contribution is -2.33. The number of benzene rings is 8. The van der Waals surface area contributed by atoms with Gasteiger partial charge in [-0.2, -0.15) is 9.97 Å². The molecule has 0 amide bonds. The second-order valence-corrected chi connectivity index (χ2v) is 17.5. The number of para-hydroxylation sites is 2. The van der Waals surface area contributed by atoms with Crippen LogP contribution in [0.1, 0.15) is 65.4 Å². The van der Waals surface area contributed by atoms with Gasteiger partial charge in [-0.3, -0.25) is 4.57 Å². The van der Waals surface area contributed by atoms with Crippen molar-refractivity contribution < 1.29 is 13.7 Å². The zero-order valence-corrected chi connectivity index (χ0v) is 34.6. The molecule has 1 aliphatic carbocycles. The van der Waals surface area contributed by atoms with Crippen molar-refractivity contribution in [1.82, 2.24) is 24.1 Å². The molecule has 3 aromatic heterocycles. The van der Waals surface area contributed by atoms with E-state index in [4.69, 9.17) is 16.3 Å². The first-order valence-electron chi connectivity index (χ1n) is 25.9. The fraction of sp³-hybridized carbons (Fsp3) is 0.140. The van der Waals surface area contributed by atoms with E-state index < -0.39 is 53.1 Å².